The van der Waals surface area contributed by atoms with Crippen molar-refractivity contribution in [3.8, 4) is 27.8 Å². The lowest BCUT2D eigenvalue weighted by molar-refractivity contribution is -0.136. The molecule has 2 N–H and O–H groups in total. The third kappa shape index (κ3) is 6.56. The van der Waals surface area contributed by atoms with E-state index < -0.39 is 17.8 Å². The van der Waals surface area contributed by atoms with Crippen molar-refractivity contribution in [3.05, 3.63) is 83.9 Å². The van der Waals surface area contributed by atoms with Crippen LogP contribution in [0.4, 0.5) is 5.13 Å². The summed E-state index contributed by atoms with van der Waals surface area (Å²) in [6.45, 7) is 0. The van der Waals surface area contributed by atoms with Gasteiger partial charge in [-0.2, -0.15) is 5.10 Å². The molecule has 1 aromatic heterocycles. The third-order valence-electron chi connectivity index (χ3n) is 4.96. The molecular weight excluding hydrogens is 510 g/mol. The summed E-state index contributed by atoms with van der Waals surface area (Å²) in [4.78, 5) is 36.6. The summed E-state index contributed by atoms with van der Waals surface area (Å²) in [5, 5.41) is 14.8. The van der Waals surface area contributed by atoms with Gasteiger partial charge in [0, 0.05) is 5.56 Å². The van der Waals surface area contributed by atoms with Gasteiger partial charge >= 0.3 is 17.8 Å². The summed E-state index contributed by atoms with van der Waals surface area (Å²) in [6.07, 6.45) is 1.34. The zero-order valence-corrected chi connectivity index (χ0v) is 21.0. The molecule has 3 aromatic carbocycles. The molecule has 12 heteroatoms. The number of ether oxygens (including phenoxy) is 3. The smallest absolute Gasteiger partial charge is 0.343 e. The van der Waals surface area contributed by atoms with Gasteiger partial charge in [0.05, 0.1) is 26.0 Å². The number of hydrogen-bond acceptors (Lipinski definition) is 10. The molecule has 0 fully saturated rings. The number of hydrazone groups is 1. The van der Waals surface area contributed by atoms with Crippen molar-refractivity contribution in [2.45, 2.75) is 0 Å². The summed E-state index contributed by atoms with van der Waals surface area (Å²) in [5.41, 5.74) is 3.88. The van der Waals surface area contributed by atoms with Gasteiger partial charge in [-0.3, -0.25) is 14.9 Å². The Morgan fingerprint density at radius 2 is 1.61 bits per heavy atom. The first-order valence-electron chi connectivity index (χ1n) is 11.0. The minimum absolute atomic E-state index is 0.186. The van der Waals surface area contributed by atoms with Gasteiger partial charge in [-0.25, -0.2) is 10.2 Å². The molecule has 4 rings (SSSR count). The van der Waals surface area contributed by atoms with Crippen LogP contribution in [0, 0.1) is 0 Å². The Kier molecular flexibility index (Phi) is 8.36. The van der Waals surface area contributed by atoms with Crippen LogP contribution in [0.15, 0.2) is 77.9 Å². The van der Waals surface area contributed by atoms with E-state index in [0.29, 0.717) is 33.4 Å². The quantitative estimate of drug-likeness (QED) is 0.116. The lowest BCUT2D eigenvalue weighted by atomic mass is 10.2. The second-order valence-corrected chi connectivity index (χ2v) is 8.44. The van der Waals surface area contributed by atoms with Crippen molar-refractivity contribution in [3.63, 3.8) is 0 Å². The fraction of sp³-hybridized carbons (Fsp3) is 0.0769. The van der Waals surface area contributed by atoms with Crippen LogP contribution in [0.1, 0.15) is 15.9 Å². The Balaban J connectivity index is 1.28. The van der Waals surface area contributed by atoms with E-state index in [9.17, 15) is 14.4 Å². The van der Waals surface area contributed by atoms with E-state index in [-0.39, 0.29) is 5.13 Å². The van der Waals surface area contributed by atoms with Crippen LogP contribution in [0.3, 0.4) is 0 Å². The highest BCUT2D eigenvalue weighted by molar-refractivity contribution is 7.18. The fourth-order valence-corrected chi connectivity index (χ4v) is 3.84. The molecule has 0 atom stereocenters. The van der Waals surface area contributed by atoms with Crippen LogP contribution in [0.25, 0.3) is 10.6 Å². The zero-order valence-electron chi connectivity index (χ0n) is 20.2. The number of rotatable bonds is 8. The molecule has 0 aliphatic carbocycles. The molecule has 1 heterocycles. The summed E-state index contributed by atoms with van der Waals surface area (Å²) in [6, 6.07) is 20.4. The van der Waals surface area contributed by atoms with E-state index in [1.54, 1.807) is 36.4 Å². The Morgan fingerprint density at radius 3 is 2.32 bits per heavy atom. The molecule has 2 amide bonds. The fourth-order valence-electron chi connectivity index (χ4n) is 3.09. The number of hydrogen-bond donors (Lipinski definition) is 2. The van der Waals surface area contributed by atoms with Gasteiger partial charge in [-0.15, -0.1) is 10.2 Å². The number of anilines is 1. The van der Waals surface area contributed by atoms with Crippen LogP contribution in [0.5, 0.6) is 17.2 Å². The Hall–Kier alpha value is -5.10. The van der Waals surface area contributed by atoms with Gasteiger partial charge in [-0.1, -0.05) is 41.7 Å². The SMILES string of the molecule is COc1ccc(C(=O)Oc2ccc(/C=N/NC(=O)C(=O)Nc3nnc(-c4ccccc4)s3)cc2)cc1OC. The van der Waals surface area contributed by atoms with E-state index in [1.165, 1.54) is 26.5 Å². The van der Waals surface area contributed by atoms with Gasteiger partial charge in [0.2, 0.25) is 5.13 Å². The number of carbonyl (C=O) groups is 3. The lowest BCUT2D eigenvalue weighted by Gasteiger charge is -2.09. The topological polar surface area (TPSA) is 141 Å². The highest BCUT2D eigenvalue weighted by atomic mass is 32.1. The molecule has 0 aliphatic heterocycles. The molecule has 192 valence electrons. The predicted molar refractivity (Wildman–Crippen MR) is 141 cm³/mol. The summed E-state index contributed by atoms with van der Waals surface area (Å²) < 4.78 is 15.7. The van der Waals surface area contributed by atoms with Crippen LogP contribution >= 0.6 is 11.3 Å². The number of nitrogens with one attached hydrogen (secondary N) is 2. The molecule has 0 bridgehead atoms. The van der Waals surface area contributed by atoms with Gasteiger partial charge in [0.15, 0.2) is 11.5 Å². The predicted octanol–water partition coefficient (Wildman–Crippen LogP) is 3.53. The van der Waals surface area contributed by atoms with Gasteiger partial charge in [0.1, 0.15) is 10.8 Å². The number of benzene rings is 3. The first-order chi connectivity index (χ1) is 18.5. The van der Waals surface area contributed by atoms with Crippen molar-refractivity contribution >= 4 is 40.5 Å². The monoisotopic (exact) mass is 531 g/mol. The highest BCUT2D eigenvalue weighted by Crippen LogP contribution is 2.28. The number of aromatic nitrogens is 2. The van der Waals surface area contributed by atoms with E-state index in [0.717, 1.165) is 16.9 Å². The largest absolute Gasteiger partial charge is 0.493 e. The molecule has 0 radical (unpaired) electrons. The van der Waals surface area contributed by atoms with E-state index in [4.69, 9.17) is 14.2 Å². The molecule has 4 aromatic rings. The van der Waals surface area contributed by atoms with Crippen molar-refractivity contribution < 1.29 is 28.6 Å². The molecule has 0 saturated heterocycles. The number of methoxy groups -OCH3 is 2. The minimum Gasteiger partial charge on any atom is -0.493 e. The minimum atomic E-state index is -0.974. The van der Waals surface area contributed by atoms with E-state index >= 15 is 0 Å². The molecule has 11 nitrogen and oxygen atoms in total. The summed E-state index contributed by atoms with van der Waals surface area (Å²) in [5.74, 6) is -1.28. The van der Waals surface area contributed by atoms with Crippen molar-refractivity contribution in [1.29, 1.82) is 0 Å². The molecule has 0 aliphatic rings. The third-order valence-corrected chi connectivity index (χ3v) is 5.85. The van der Waals surface area contributed by atoms with Gasteiger partial charge in [-0.05, 0) is 48.0 Å². The van der Waals surface area contributed by atoms with Crippen LogP contribution in [0.2, 0.25) is 0 Å². The molecule has 38 heavy (non-hydrogen) atoms. The molecule has 0 spiro atoms. The number of esters is 1. The molecule has 0 saturated carbocycles. The zero-order chi connectivity index (χ0) is 26.9. The van der Waals surface area contributed by atoms with Crippen LogP contribution < -0.4 is 25.0 Å². The van der Waals surface area contributed by atoms with Gasteiger partial charge in [0.25, 0.3) is 0 Å². The van der Waals surface area contributed by atoms with Crippen molar-refractivity contribution in [2.24, 2.45) is 5.10 Å². The number of nitrogens with zero attached hydrogens (tertiary/aromatic N) is 3. The average molecular weight is 532 g/mol. The van der Waals surface area contributed by atoms with Crippen LogP contribution in [-0.4, -0.2) is 48.4 Å². The van der Waals surface area contributed by atoms with E-state index in [1.807, 2.05) is 30.3 Å². The first-order valence-corrected chi connectivity index (χ1v) is 11.9. The maximum atomic E-state index is 12.4. The van der Waals surface area contributed by atoms with Crippen molar-refractivity contribution in [2.75, 3.05) is 19.5 Å². The highest BCUT2D eigenvalue weighted by Gasteiger charge is 2.16. The summed E-state index contributed by atoms with van der Waals surface area (Å²) in [7, 11) is 2.98. The lowest BCUT2D eigenvalue weighted by Crippen LogP contribution is -2.32. The number of amides is 2. The maximum Gasteiger partial charge on any atom is 0.343 e. The molecular formula is C26H21N5O6S. The second kappa shape index (κ2) is 12.2. The normalized spacial score (nSPS) is 10.6. The van der Waals surface area contributed by atoms with E-state index in [2.05, 4.69) is 26.0 Å². The van der Waals surface area contributed by atoms with Crippen LogP contribution in [-0.2, 0) is 9.59 Å². The number of carbonyl (C=O) groups excluding carboxylic acids is 3. The molecule has 0 unspecified atom stereocenters. The Labute approximate surface area is 221 Å². The average Bonchev–Trinajstić information content (AvgIpc) is 3.42. The van der Waals surface area contributed by atoms with Gasteiger partial charge < -0.3 is 14.2 Å². The second-order valence-electron chi connectivity index (χ2n) is 7.46. The van der Waals surface area contributed by atoms with Crippen molar-refractivity contribution in [1.82, 2.24) is 15.6 Å². The first kappa shape index (κ1) is 26.0. The standard InChI is InChI=1S/C26H21N5O6S/c1-35-20-13-10-18(14-21(20)36-2)25(34)37-19-11-8-16(9-12-19)15-27-29-23(33)22(32)28-26-31-30-24(38-26)17-6-4-3-5-7-17/h3-15H,1-2H3,(H,29,33)(H,28,31,32)/b27-15+. The Morgan fingerprint density at radius 1 is 0.868 bits per heavy atom. The Bertz CT molecular complexity index is 1470. The maximum absolute atomic E-state index is 12.4. The summed E-state index contributed by atoms with van der Waals surface area (Å²) >= 11 is 1.14.